The Bertz CT molecular complexity index is 667. The minimum absolute atomic E-state index is 0.753. The van der Waals surface area contributed by atoms with Crippen molar-refractivity contribution in [2.24, 2.45) is 0 Å². The van der Waals surface area contributed by atoms with Crippen LogP contribution in [0.3, 0.4) is 0 Å². The van der Waals surface area contributed by atoms with Gasteiger partial charge in [0.05, 0.1) is 7.11 Å². The van der Waals surface area contributed by atoms with Crippen LogP contribution in [0.5, 0.6) is 5.75 Å². The number of allylic oxidation sites excluding steroid dienone is 4. The Kier molecular flexibility index (Phi) is 6.11. The number of hydrogen-bond donors (Lipinski definition) is 1. The Morgan fingerprint density at radius 1 is 1.23 bits per heavy atom. The van der Waals surface area contributed by atoms with Crippen molar-refractivity contribution in [2.45, 2.75) is 27.7 Å². The number of carbonyl (C=O) groups is 1. The van der Waals surface area contributed by atoms with Crippen LogP contribution in [0.4, 0.5) is 4.39 Å². The van der Waals surface area contributed by atoms with E-state index in [0.29, 0.717) is 0 Å². The molecule has 4 heteroatoms. The van der Waals surface area contributed by atoms with Crippen molar-refractivity contribution in [2.75, 3.05) is 7.11 Å². The highest BCUT2D eigenvalue weighted by Gasteiger charge is 2.08. The van der Waals surface area contributed by atoms with Gasteiger partial charge in [-0.2, -0.15) is 4.39 Å². The molecule has 0 unspecified atom stereocenters. The van der Waals surface area contributed by atoms with Gasteiger partial charge in [-0.3, -0.25) is 0 Å². The van der Waals surface area contributed by atoms with Gasteiger partial charge in [0.2, 0.25) is 5.83 Å². The van der Waals surface area contributed by atoms with Gasteiger partial charge in [0.1, 0.15) is 5.75 Å². The van der Waals surface area contributed by atoms with E-state index in [1.165, 1.54) is 6.08 Å². The van der Waals surface area contributed by atoms with Crippen LogP contribution in [-0.4, -0.2) is 18.2 Å². The van der Waals surface area contributed by atoms with Crippen LogP contribution >= 0.6 is 0 Å². The summed E-state index contributed by atoms with van der Waals surface area (Å²) >= 11 is 0. The van der Waals surface area contributed by atoms with E-state index in [-0.39, 0.29) is 0 Å². The van der Waals surface area contributed by atoms with Crippen molar-refractivity contribution in [3.05, 3.63) is 57.9 Å². The topological polar surface area (TPSA) is 46.5 Å². The molecule has 0 aromatic heterocycles. The van der Waals surface area contributed by atoms with Gasteiger partial charge in [0.15, 0.2) is 0 Å². The molecule has 1 rings (SSSR count). The number of aliphatic carboxylic acids is 1. The van der Waals surface area contributed by atoms with E-state index in [1.807, 2.05) is 39.0 Å². The predicted octanol–water partition coefficient (Wildman–Crippen LogP) is 4.52. The van der Waals surface area contributed by atoms with Crippen molar-refractivity contribution in [3.8, 4) is 5.75 Å². The molecule has 0 fully saturated rings. The number of aryl methyl sites for hydroxylation is 1. The Morgan fingerprint density at radius 2 is 1.86 bits per heavy atom. The number of methoxy groups -OCH3 is 1. The molecule has 1 N–H and O–H groups in total. The van der Waals surface area contributed by atoms with Gasteiger partial charge in [0.25, 0.3) is 0 Å². The Morgan fingerprint density at radius 3 is 2.41 bits per heavy atom. The maximum Gasteiger partial charge on any atom is 0.364 e. The fourth-order valence-corrected chi connectivity index (χ4v) is 2.08. The fourth-order valence-electron chi connectivity index (χ4n) is 2.08. The number of halogens is 1. The highest BCUT2D eigenvalue weighted by atomic mass is 19.1. The number of benzene rings is 1. The van der Waals surface area contributed by atoms with Crippen molar-refractivity contribution < 1.29 is 19.0 Å². The van der Waals surface area contributed by atoms with E-state index < -0.39 is 11.8 Å². The van der Waals surface area contributed by atoms with E-state index in [2.05, 4.69) is 0 Å². The monoisotopic (exact) mass is 304 g/mol. The van der Waals surface area contributed by atoms with E-state index in [0.717, 1.165) is 39.7 Å². The number of ether oxygens (including phenoxy) is 1. The van der Waals surface area contributed by atoms with Crippen molar-refractivity contribution in [3.63, 3.8) is 0 Å². The van der Waals surface area contributed by atoms with Crippen molar-refractivity contribution in [1.82, 2.24) is 0 Å². The molecule has 0 aliphatic heterocycles. The zero-order chi connectivity index (χ0) is 16.9. The summed E-state index contributed by atoms with van der Waals surface area (Å²) in [7, 11) is 1.65. The maximum absolute atomic E-state index is 12.9. The van der Waals surface area contributed by atoms with Gasteiger partial charge >= 0.3 is 5.97 Å². The Balaban J connectivity index is 3.10. The molecule has 0 bridgehead atoms. The lowest BCUT2D eigenvalue weighted by molar-refractivity contribution is -0.134. The number of carboxylic acid groups (broad SMARTS) is 1. The largest absolute Gasteiger partial charge is 0.496 e. The van der Waals surface area contributed by atoms with Crippen molar-refractivity contribution >= 4 is 12.0 Å². The molecule has 3 nitrogen and oxygen atoms in total. The molecule has 0 aliphatic rings. The van der Waals surface area contributed by atoms with Gasteiger partial charge in [0, 0.05) is 0 Å². The summed E-state index contributed by atoms with van der Waals surface area (Å²) in [6, 6.07) is 1.98. The molecule has 1 aromatic rings. The Hall–Kier alpha value is -2.36. The predicted molar refractivity (Wildman–Crippen MR) is 86.8 cm³/mol. The van der Waals surface area contributed by atoms with E-state index in [1.54, 1.807) is 14.0 Å². The lowest BCUT2D eigenvalue weighted by Gasteiger charge is -2.13. The van der Waals surface area contributed by atoms with Crippen LogP contribution in [0.1, 0.15) is 29.2 Å². The molecule has 22 heavy (non-hydrogen) atoms. The second-order valence-electron chi connectivity index (χ2n) is 5.12. The summed E-state index contributed by atoms with van der Waals surface area (Å²) in [6.07, 6.45) is 6.14. The van der Waals surface area contributed by atoms with Crippen molar-refractivity contribution in [1.29, 1.82) is 0 Å². The van der Waals surface area contributed by atoms with Gasteiger partial charge in [-0.05, 0) is 62.1 Å². The highest BCUT2D eigenvalue weighted by Crippen LogP contribution is 2.28. The first-order valence-corrected chi connectivity index (χ1v) is 6.88. The smallest absolute Gasteiger partial charge is 0.364 e. The molecule has 0 radical (unpaired) electrons. The molecule has 0 aliphatic carbocycles. The minimum Gasteiger partial charge on any atom is -0.496 e. The molecule has 0 amide bonds. The first-order valence-electron chi connectivity index (χ1n) is 6.88. The summed E-state index contributed by atoms with van der Waals surface area (Å²) in [6.45, 7) is 7.80. The van der Waals surface area contributed by atoms with Crippen LogP contribution in [0.25, 0.3) is 6.08 Å². The number of rotatable bonds is 5. The third kappa shape index (κ3) is 4.32. The second-order valence-corrected chi connectivity index (χ2v) is 5.12. The van der Waals surface area contributed by atoms with E-state index >= 15 is 0 Å². The van der Waals surface area contributed by atoms with E-state index in [4.69, 9.17) is 9.84 Å². The quantitative estimate of drug-likeness (QED) is 0.642. The van der Waals surface area contributed by atoms with Crippen LogP contribution < -0.4 is 4.74 Å². The molecule has 0 heterocycles. The number of carboxylic acids is 1. The van der Waals surface area contributed by atoms with E-state index in [9.17, 15) is 9.18 Å². The Labute approximate surface area is 130 Å². The third-order valence-corrected chi connectivity index (χ3v) is 3.54. The normalized spacial score (nSPS) is 12.8. The molecule has 118 valence electrons. The molecular formula is C18H21FO3. The third-order valence-electron chi connectivity index (χ3n) is 3.54. The summed E-state index contributed by atoms with van der Waals surface area (Å²) in [5, 5.41) is 8.45. The molecule has 0 atom stereocenters. The zero-order valence-electron chi connectivity index (χ0n) is 13.5. The standard InChI is InChI=1S/C18H21FO3/c1-11(7-9-16(19)18(20)21)6-8-15-12(2)10-17(22-5)14(4)13(15)3/h6-10H,1-5H3,(H,20,21). The zero-order valence-corrected chi connectivity index (χ0v) is 13.5. The SMILES string of the molecule is COc1cc(C)c(C=CC(C)=CC=C(F)C(=O)O)c(C)c1C. The molecule has 0 saturated carbocycles. The lowest BCUT2D eigenvalue weighted by Crippen LogP contribution is -1.95. The summed E-state index contributed by atoms with van der Waals surface area (Å²) in [5.74, 6) is -1.89. The molecule has 0 spiro atoms. The van der Waals surface area contributed by atoms with Crippen LogP contribution in [-0.2, 0) is 4.79 Å². The maximum atomic E-state index is 12.9. The van der Waals surface area contributed by atoms with Crippen LogP contribution in [0.2, 0.25) is 0 Å². The second kappa shape index (κ2) is 7.59. The number of hydrogen-bond acceptors (Lipinski definition) is 2. The molecule has 0 saturated heterocycles. The average Bonchev–Trinajstić information content (AvgIpc) is 2.47. The van der Waals surface area contributed by atoms with Gasteiger partial charge in [-0.25, -0.2) is 4.79 Å². The highest BCUT2D eigenvalue weighted by molar-refractivity contribution is 5.84. The average molecular weight is 304 g/mol. The summed E-state index contributed by atoms with van der Waals surface area (Å²) in [4.78, 5) is 10.4. The summed E-state index contributed by atoms with van der Waals surface area (Å²) in [5.41, 5.74) is 5.10. The first-order chi connectivity index (χ1) is 10.3. The van der Waals surface area contributed by atoms with Crippen LogP contribution in [0, 0.1) is 20.8 Å². The first kappa shape index (κ1) is 17.7. The minimum atomic E-state index is -1.56. The summed E-state index contributed by atoms with van der Waals surface area (Å²) < 4.78 is 18.2. The molecule has 1 aromatic carbocycles. The molecular weight excluding hydrogens is 283 g/mol. The van der Waals surface area contributed by atoms with Gasteiger partial charge in [-0.15, -0.1) is 0 Å². The fraction of sp³-hybridized carbons (Fsp3) is 0.278. The van der Waals surface area contributed by atoms with Gasteiger partial charge in [-0.1, -0.05) is 23.8 Å². The van der Waals surface area contributed by atoms with Crippen LogP contribution in [0.15, 0.2) is 35.7 Å². The van der Waals surface area contributed by atoms with Gasteiger partial charge < -0.3 is 9.84 Å². The lowest BCUT2D eigenvalue weighted by atomic mass is 9.96.